The van der Waals surface area contributed by atoms with Gasteiger partial charge in [-0.15, -0.1) is 0 Å². The fraction of sp³-hybridized carbons (Fsp3) is 0.750. The van der Waals surface area contributed by atoms with Crippen LogP contribution in [0.2, 0.25) is 0 Å². The van der Waals surface area contributed by atoms with E-state index in [0.29, 0.717) is 0 Å². The van der Waals surface area contributed by atoms with Crippen LogP contribution in [0.5, 0.6) is 0 Å². The summed E-state index contributed by atoms with van der Waals surface area (Å²) in [6, 6.07) is -0.0480. The van der Waals surface area contributed by atoms with Crippen molar-refractivity contribution in [3.05, 3.63) is 22.8 Å². The largest absolute Gasteiger partial charge is 0.313 e. The van der Waals surface area contributed by atoms with E-state index in [9.17, 15) is 0 Å². The minimum absolute atomic E-state index is 0. The summed E-state index contributed by atoms with van der Waals surface area (Å²) in [5, 5.41) is 0. The van der Waals surface area contributed by atoms with Crippen molar-refractivity contribution in [3.63, 3.8) is 0 Å². The predicted molar refractivity (Wildman–Crippen MR) is 41.3 cm³/mol. The molecule has 2 unspecified atom stereocenters. The zero-order valence-corrected chi connectivity index (χ0v) is 11.8. The van der Waals surface area contributed by atoms with Crippen LogP contribution >= 0.6 is 0 Å². The van der Waals surface area contributed by atoms with Gasteiger partial charge in [-0.25, -0.2) is 13.1 Å². The van der Waals surface area contributed by atoms with E-state index in [-0.39, 0.29) is 60.1 Å². The third-order valence-electron chi connectivity index (χ3n) is 1.93. The van der Waals surface area contributed by atoms with Gasteiger partial charge in [0.15, 0.2) is 0 Å². The Morgan fingerprint density at radius 3 is 1.25 bits per heavy atom. The van der Waals surface area contributed by atoms with Gasteiger partial charge in [-0.3, -0.25) is 0 Å². The molecule has 0 aromatic carbocycles. The van der Waals surface area contributed by atoms with Crippen LogP contribution in [-0.4, -0.2) is 12.1 Å². The Kier molecular flexibility index (Phi) is 14.3. The molecule has 74 valence electrons. The molecule has 0 N–H and O–H groups in total. The first-order chi connectivity index (χ1) is 4.63. The molecule has 0 aromatic heterocycles. The fourth-order valence-corrected chi connectivity index (χ4v) is 0.638. The maximum Gasteiger partial charge on any atom is 0.230 e. The molecule has 0 bridgehead atoms. The molecule has 0 spiro atoms. The molecule has 0 aromatic rings. The van der Waals surface area contributed by atoms with Crippen molar-refractivity contribution < 1.29 is 42.1 Å². The van der Waals surface area contributed by atoms with Gasteiger partial charge in [0.1, 0.15) is 5.92 Å². The smallest absolute Gasteiger partial charge is 0.230 e. The Bertz CT molecular complexity index is 160. The molecule has 0 rings (SSSR count). The molecule has 0 aliphatic rings. The summed E-state index contributed by atoms with van der Waals surface area (Å²) in [6.45, 7) is 19.1. The van der Waals surface area contributed by atoms with Gasteiger partial charge >= 0.3 is 0 Å². The third kappa shape index (κ3) is 5.94. The van der Waals surface area contributed by atoms with Crippen molar-refractivity contribution in [2.75, 3.05) is 0 Å². The molecule has 4 heteroatoms. The minimum atomic E-state index is -0.0240. The quantitative estimate of drug-likeness (QED) is 0.489. The zero-order valence-electron chi connectivity index (χ0n) is 7.26. The average Bonchev–Trinajstić information content (AvgIpc) is 2.00. The predicted octanol–water partition coefficient (Wildman–Crippen LogP) is 2.23. The second kappa shape index (κ2) is 9.44. The number of hydrogen-bond donors (Lipinski definition) is 0. The monoisotopic (exact) mass is 526 g/mol. The number of hydrogen-bond acceptors (Lipinski definition) is 0. The Labute approximate surface area is 103 Å². The van der Waals surface area contributed by atoms with Crippen molar-refractivity contribution in [2.45, 2.75) is 32.9 Å². The van der Waals surface area contributed by atoms with Crippen LogP contribution in [0.15, 0.2) is 0 Å². The molecule has 0 aliphatic carbocycles. The van der Waals surface area contributed by atoms with Gasteiger partial charge in [0.25, 0.3) is 0 Å². The standard InChI is InChI=1S/C8H12N2.2Pt/c1-6(7(2)9-4)8(3)10-5;;/h6-8H,1-3H3;;. The van der Waals surface area contributed by atoms with Crippen molar-refractivity contribution in [2.24, 2.45) is 5.92 Å². The molecular formula is C8H12N2Pt2. The van der Waals surface area contributed by atoms with E-state index in [2.05, 4.69) is 9.69 Å². The van der Waals surface area contributed by atoms with Gasteiger partial charge in [0, 0.05) is 56.0 Å². The topological polar surface area (TPSA) is 8.72 Å². The van der Waals surface area contributed by atoms with Gasteiger partial charge in [0.05, 0.1) is 0 Å². The van der Waals surface area contributed by atoms with Crippen LogP contribution in [0.4, 0.5) is 0 Å². The number of rotatable bonds is 2. The first-order valence-corrected chi connectivity index (χ1v) is 3.36. The molecule has 0 fully saturated rings. The fourth-order valence-electron chi connectivity index (χ4n) is 0.638. The Hall–Kier alpha value is 0.357. The second-order valence-electron chi connectivity index (χ2n) is 2.60. The van der Waals surface area contributed by atoms with E-state index in [1.807, 2.05) is 20.8 Å². The zero-order chi connectivity index (χ0) is 8.15. The molecule has 0 heterocycles. The molecule has 0 saturated carbocycles. The van der Waals surface area contributed by atoms with Crippen LogP contribution in [0, 0.1) is 19.1 Å². The Morgan fingerprint density at radius 1 is 0.833 bits per heavy atom. The maximum atomic E-state index is 6.73. The van der Waals surface area contributed by atoms with Crippen molar-refractivity contribution >= 4 is 0 Å². The summed E-state index contributed by atoms with van der Waals surface area (Å²) >= 11 is 0. The van der Waals surface area contributed by atoms with Crippen LogP contribution in [0.1, 0.15) is 20.8 Å². The first kappa shape index (κ1) is 18.2. The van der Waals surface area contributed by atoms with Crippen molar-refractivity contribution in [1.82, 2.24) is 0 Å². The normalized spacial score (nSPS) is 15.1. The maximum absolute atomic E-state index is 6.73. The van der Waals surface area contributed by atoms with E-state index in [0.717, 1.165) is 0 Å². The molecule has 0 saturated heterocycles. The molecule has 2 nitrogen and oxygen atoms in total. The summed E-state index contributed by atoms with van der Waals surface area (Å²) in [5.41, 5.74) is 0. The van der Waals surface area contributed by atoms with E-state index in [4.69, 9.17) is 13.1 Å². The molecule has 0 aliphatic heterocycles. The minimum Gasteiger partial charge on any atom is -0.313 e. The molecule has 2 atom stereocenters. The summed E-state index contributed by atoms with van der Waals surface area (Å²) in [5.74, 6) is 0.190. The Balaban J connectivity index is -0.000000405. The summed E-state index contributed by atoms with van der Waals surface area (Å²) < 4.78 is 0. The van der Waals surface area contributed by atoms with Crippen LogP contribution in [0.3, 0.4) is 0 Å². The van der Waals surface area contributed by atoms with Gasteiger partial charge in [-0.2, -0.15) is 0 Å². The first-order valence-electron chi connectivity index (χ1n) is 3.36. The molecule has 0 amide bonds. The van der Waals surface area contributed by atoms with Crippen LogP contribution < -0.4 is 0 Å². The third-order valence-corrected chi connectivity index (χ3v) is 1.93. The van der Waals surface area contributed by atoms with Gasteiger partial charge in [-0.1, -0.05) is 0 Å². The van der Waals surface area contributed by atoms with Crippen molar-refractivity contribution in [3.8, 4) is 0 Å². The number of nitrogens with zero attached hydrogens (tertiary/aromatic N) is 2. The van der Waals surface area contributed by atoms with Crippen LogP contribution in [0.25, 0.3) is 9.69 Å². The van der Waals surface area contributed by atoms with E-state index < -0.39 is 0 Å². The second-order valence-corrected chi connectivity index (χ2v) is 2.60. The average molecular weight is 526 g/mol. The summed E-state index contributed by atoms with van der Waals surface area (Å²) in [4.78, 5) is 6.73. The molecule has 0 radical (unpaired) electrons. The van der Waals surface area contributed by atoms with E-state index in [1.54, 1.807) is 0 Å². The van der Waals surface area contributed by atoms with Gasteiger partial charge in [-0.05, 0) is 6.92 Å². The van der Waals surface area contributed by atoms with Gasteiger partial charge in [0.2, 0.25) is 12.1 Å². The van der Waals surface area contributed by atoms with E-state index in [1.165, 1.54) is 0 Å². The van der Waals surface area contributed by atoms with Crippen molar-refractivity contribution in [1.29, 1.82) is 0 Å². The van der Waals surface area contributed by atoms with Crippen LogP contribution in [-0.2, 0) is 42.1 Å². The summed E-state index contributed by atoms with van der Waals surface area (Å²) in [7, 11) is 0. The van der Waals surface area contributed by atoms with Gasteiger partial charge < -0.3 is 9.69 Å². The molecular weight excluding hydrogens is 514 g/mol. The SMILES string of the molecule is [C-]#[N+]C(C)C(C)C(C)[N+]#[C-].[Pt].[Pt]. The summed E-state index contributed by atoms with van der Waals surface area (Å²) in [6.07, 6.45) is 0. The van der Waals surface area contributed by atoms with E-state index >= 15 is 0 Å². The molecule has 12 heavy (non-hydrogen) atoms. The Morgan fingerprint density at radius 2 is 1.08 bits per heavy atom.